The highest BCUT2D eigenvalue weighted by Gasteiger charge is 2.22. The molecule has 1 N–H and O–H groups in total. The molecular formula is C25H33N3O4. The van der Waals surface area contributed by atoms with Gasteiger partial charge < -0.3 is 24.6 Å². The minimum absolute atomic E-state index is 0.0474. The zero-order chi connectivity index (χ0) is 23.3. The minimum Gasteiger partial charge on any atom is -0.495 e. The second-order valence-electron chi connectivity index (χ2n) is 8.54. The van der Waals surface area contributed by atoms with E-state index < -0.39 is 0 Å². The maximum absolute atomic E-state index is 12.9. The molecule has 2 aromatic rings. The number of hydrogen-bond acceptors (Lipinski definition) is 5. The summed E-state index contributed by atoms with van der Waals surface area (Å²) in [6.45, 7) is 9.10. The van der Waals surface area contributed by atoms with Gasteiger partial charge in [0.05, 0.1) is 12.8 Å². The van der Waals surface area contributed by atoms with Crippen molar-refractivity contribution in [1.29, 1.82) is 0 Å². The van der Waals surface area contributed by atoms with Crippen molar-refractivity contribution >= 4 is 17.5 Å². The van der Waals surface area contributed by atoms with Crippen LogP contribution in [0.25, 0.3) is 0 Å². The van der Waals surface area contributed by atoms with Crippen LogP contribution in [-0.2, 0) is 4.79 Å². The van der Waals surface area contributed by atoms with Crippen molar-refractivity contribution < 1.29 is 19.1 Å². The molecule has 1 aliphatic rings. The van der Waals surface area contributed by atoms with Gasteiger partial charge in [-0.3, -0.25) is 9.59 Å². The van der Waals surface area contributed by atoms with Crippen molar-refractivity contribution in [2.24, 2.45) is 0 Å². The smallest absolute Gasteiger partial charge is 0.262 e. The number of rotatable bonds is 7. The number of nitrogens with zero attached hydrogens (tertiary/aromatic N) is 2. The lowest BCUT2D eigenvalue weighted by molar-refractivity contribution is -0.118. The Bertz CT molecular complexity index is 966. The molecule has 32 heavy (non-hydrogen) atoms. The highest BCUT2D eigenvalue weighted by molar-refractivity contribution is 5.98. The quantitative estimate of drug-likeness (QED) is 0.715. The molecule has 0 atom stereocenters. The van der Waals surface area contributed by atoms with Crippen molar-refractivity contribution in [1.82, 2.24) is 9.80 Å². The molecule has 2 amide bonds. The van der Waals surface area contributed by atoms with E-state index in [-0.39, 0.29) is 24.3 Å². The average molecular weight is 440 g/mol. The lowest BCUT2D eigenvalue weighted by atomic mass is 10.0. The van der Waals surface area contributed by atoms with Crippen LogP contribution in [0.5, 0.6) is 11.5 Å². The van der Waals surface area contributed by atoms with Crippen molar-refractivity contribution in [2.45, 2.75) is 26.7 Å². The van der Waals surface area contributed by atoms with Gasteiger partial charge in [0.25, 0.3) is 11.8 Å². The molecule has 0 bridgehead atoms. The lowest BCUT2D eigenvalue weighted by Gasteiger charge is -2.32. The number of nitrogens with one attached hydrogen (secondary N) is 1. The Morgan fingerprint density at radius 2 is 1.75 bits per heavy atom. The lowest BCUT2D eigenvalue weighted by Crippen LogP contribution is -2.47. The number of amides is 2. The SMILES string of the molecule is COc1ccc(C(=O)N2CCN(C)CC2)cc1NC(=O)COc1cc(C)ccc1C(C)C. The predicted molar refractivity (Wildman–Crippen MR) is 126 cm³/mol. The van der Waals surface area contributed by atoms with Gasteiger partial charge in [0.15, 0.2) is 6.61 Å². The predicted octanol–water partition coefficient (Wildman–Crippen LogP) is 3.53. The zero-order valence-electron chi connectivity index (χ0n) is 19.6. The standard InChI is InChI=1S/C25H33N3O4/c1-17(2)20-8-6-18(3)14-23(20)32-16-24(29)26-21-15-19(7-9-22(21)31-5)25(30)28-12-10-27(4)11-13-28/h6-9,14-15,17H,10-13,16H2,1-5H3,(H,26,29). The Morgan fingerprint density at radius 3 is 2.41 bits per heavy atom. The summed E-state index contributed by atoms with van der Waals surface area (Å²) in [5, 5.41) is 2.83. The van der Waals surface area contributed by atoms with Gasteiger partial charge in [0, 0.05) is 31.7 Å². The van der Waals surface area contributed by atoms with Crippen LogP contribution in [0.2, 0.25) is 0 Å². The van der Waals surface area contributed by atoms with Gasteiger partial charge in [0.2, 0.25) is 0 Å². The third kappa shape index (κ3) is 5.79. The van der Waals surface area contributed by atoms with Gasteiger partial charge in [-0.25, -0.2) is 0 Å². The van der Waals surface area contributed by atoms with Crippen LogP contribution in [0.15, 0.2) is 36.4 Å². The number of aryl methyl sites for hydroxylation is 1. The highest BCUT2D eigenvalue weighted by Crippen LogP contribution is 2.28. The van der Waals surface area contributed by atoms with E-state index in [2.05, 4.69) is 24.1 Å². The first-order chi connectivity index (χ1) is 15.3. The van der Waals surface area contributed by atoms with Crippen LogP contribution in [0.3, 0.4) is 0 Å². The first-order valence-corrected chi connectivity index (χ1v) is 11.0. The topological polar surface area (TPSA) is 71.1 Å². The molecule has 0 saturated carbocycles. The van der Waals surface area contributed by atoms with Gasteiger partial charge in [-0.2, -0.15) is 0 Å². The van der Waals surface area contributed by atoms with E-state index in [0.29, 0.717) is 35.8 Å². The third-order valence-electron chi connectivity index (χ3n) is 5.66. The Hall–Kier alpha value is -3.06. The fourth-order valence-electron chi connectivity index (χ4n) is 3.70. The van der Waals surface area contributed by atoms with Crippen molar-refractivity contribution in [3.05, 3.63) is 53.1 Å². The van der Waals surface area contributed by atoms with Gasteiger partial charge in [-0.1, -0.05) is 26.0 Å². The summed E-state index contributed by atoms with van der Waals surface area (Å²) in [6.07, 6.45) is 0. The maximum atomic E-state index is 12.9. The van der Waals surface area contributed by atoms with Crippen LogP contribution in [-0.4, -0.2) is 68.6 Å². The first-order valence-electron chi connectivity index (χ1n) is 11.0. The number of methoxy groups -OCH3 is 1. The molecule has 3 rings (SSSR count). The molecule has 7 heteroatoms. The summed E-state index contributed by atoms with van der Waals surface area (Å²) < 4.78 is 11.2. The Kier molecular flexibility index (Phi) is 7.75. The molecule has 1 heterocycles. The number of ether oxygens (including phenoxy) is 2. The number of carbonyl (C=O) groups is 2. The highest BCUT2D eigenvalue weighted by atomic mass is 16.5. The largest absolute Gasteiger partial charge is 0.495 e. The number of carbonyl (C=O) groups excluding carboxylic acids is 2. The number of likely N-dealkylation sites (N-methyl/N-ethyl adjacent to an activating group) is 1. The first kappa shape index (κ1) is 23.6. The van der Waals surface area contributed by atoms with E-state index in [1.807, 2.05) is 37.1 Å². The molecule has 0 spiro atoms. The second kappa shape index (κ2) is 10.5. The summed E-state index contributed by atoms with van der Waals surface area (Å²) in [5.41, 5.74) is 3.10. The molecule has 0 aromatic heterocycles. The molecule has 0 aliphatic carbocycles. The summed E-state index contributed by atoms with van der Waals surface area (Å²) in [7, 11) is 3.58. The molecule has 0 radical (unpaired) electrons. The van der Waals surface area contributed by atoms with Crippen LogP contribution in [0.4, 0.5) is 5.69 Å². The van der Waals surface area contributed by atoms with Crippen LogP contribution in [0.1, 0.15) is 41.3 Å². The van der Waals surface area contributed by atoms with Crippen molar-refractivity contribution in [3.63, 3.8) is 0 Å². The van der Waals surface area contributed by atoms with E-state index >= 15 is 0 Å². The minimum atomic E-state index is -0.316. The number of anilines is 1. The van der Waals surface area contributed by atoms with Gasteiger partial charge >= 0.3 is 0 Å². The van der Waals surface area contributed by atoms with E-state index in [0.717, 1.165) is 24.2 Å². The monoisotopic (exact) mass is 439 g/mol. The molecule has 0 unspecified atom stereocenters. The van der Waals surface area contributed by atoms with Crippen LogP contribution in [0, 0.1) is 6.92 Å². The van der Waals surface area contributed by atoms with E-state index in [4.69, 9.17) is 9.47 Å². The van der Waals surface area contributed by atoms with Crippen LogP contribution < -0.4 is 14.8 Å². The third-order valence-corrected chi connectivity index (χ3v) is 5.66. The number of hydrogen-bond donors (Lipinski definition) is 1. The van der Waals surface area contributed by atoms with Crippen molar-refractivity contribution in [2.75, 3.05) is 52.3 Å². The number of piperazine rings is 1. The zero-order valence-corrected chi connectivity index (χ0v) is 19.6. The summed E-state index contributed by atoms with van der Waals surface area (Å²) >= 11 is 0. The van der Waals surface area contributed by atoms with E-state index in [9.17, 15) is 9.59 Å². The fourth-order valence-corrected chi connectivity index (χ4v) is 3.70. The molecular weight excluding hydrogens is 406 g/mol. The fraction of sp³-hybridized carbons (Fsp3) is 0.440. The molecule has 7 nitrogen and oxygen atoms in total. The Balaban J connectivity index is 1.70. The van der Waals surface area contributed by atoms with E-state index in [1.54, 1.807) is 18.2 Å². The van der Waals surface area contributed by atoms with Crippen LogP contribution >= 0.6 is 0 Å². The molecule has 172 valence electrons. The molecule has 2 aromatic carbocycles. The summed E-state index contributed by atoms with van der Waals surface area (Å²) in [5.74, 6) is 1.12. The summed E-state index contributed by atoms with van der Waals surface area (Å²) in [4.78, 5) is 29.6. The molecule has 1 fully saturated rings. The van der Waals surface area contributed by atoms with Gasteiger partial charge in [-0.05, 0) is 55.3 Å². The molecule has 1 saturated heterocycles. The van der Waals surface area contributed by atoms with Crippen molar-refractivity contribution in [3.8, 4) is 11.5 Å². The average Bonchev–Trinajstić information content (AvgIpc) is 2.77. The Morgan fingerprint density at radius 1 is 1.03 bits per heavy atom. The number of benzene rings is 2. The van der Waals surface area contributed by atoms with E-state index in [1.165, 1.54) is 7.11 Å². The second-order valence-corrected chi connectivity index (χ2v) is 8.54. The summed E-state index contributed by atoms with van der Waals surface area (Å²) in [6, 6.07) is 11.1. The van der Waals surface area contributed by atoms with Gasteiger partial charge in [0.1, 0.15) is 11.5 Å². The molecule has 1 aliphatic heterocycles. The normalized spacial score (nSPS) is 14.4. The Labute approximate surface area is 190 Å². The van der Waals surface area contributed by atoms with Gasteiger partial charge in [-0.15, -0.1) is 0 Å². The maximum Gasteiger partial charge on any atom is 0.262 e.